The summed E-state index contributed by atoms with van der Waals surface area (Å²) in [6.07, 6.45) is 2.57. The van der Waals surface area contributed by atoms with E-state index in [2.05, 4.69) is 39.6 Å². The van der Waals surface area contributed by atoms with E-state index in [9.17, 15) is 4.79 Å². The Bertz CT molecular complexity index is 822. The molecule has 0 amide bonds. The van der Waals surface area contributed by atoms with Crippen molar-refractivity contribution in [2.45, 2.75) is 40.0 Å². The van der Waals surface area contributed by atoms with Crippen molar-refractivity contribution >= 4 is 34.6 Å². The number of aryl methyl sites for hydroxylation is 1. The van der Waals surface area contributed by atoms with Crippen LogP contribution in [0.2, 0.25) is 0 Å². The Kier molecular flexibility index (Phi) is 8.06. The second kappa shape index (κ2) is 10.7. The van der Waals surface area contributed by atoms with Crippen LogP contribution >= 0.6 is 22.7 Å². The largest absolute Gasteiger partial charge is 0.466 e. The van der Waals surface area contributed by atoms with Crippen LogP contribution in [0.4, 0.5) is 0 Å². The molecule has 8 heteroatoms. The molecule has 1 aliphatic heterocycles. The predicted molar refractivity (Wildman–Crippen MR) is 121 cm³/mol. The highest BCUT2D eigenvalue weighted by Crippen LogP contribution is 2.29. The summed E-state index contributed by atoms with van der Waals surface area (Å²) in [6.45, 7) is 9.69. The van der Waals surface area contributed by atoms with Gasteiger partial charge >= 0.3 is 5.97 Å². The summed E-state index contributed by atoms with van der Waals surface area (Å²) < 4.78 is 5.17. The van der Waals surface area contributed by atoms with Gasteiger partial charge in [-0.1, -0.05) is 0 Å². The fourth-order valence-electron chi connectivity index (χ4n) is 3.41. The van der Waals surface area contributed by atoms with Crippen LogP contribution < -0.4 is 5.32 Å². The number of aliphatic imine (C=N–C) groups is 1. The van der Waals surface area contributed by atoms with Crippen LogP contribution in [0, 0.1) is 12.8 Å². The number of piperidine rings is 1. The molecule has 6 nitrogen and oxygen atoms in total. The molecule has 2 aromatic heterocycles. The molecule has 1 aliphatic rings. The van der Waals surface area contributed by atoms with Gasteiger partial charge in [-0.15, -0.1) is 22.7 Å². The van der Waals surface area contributed by atoms with Gasteiger partial charge in [0.1, 0.15) is 0 Å². The molecule has 29 heavy (non-hydrogen) atoms. The standard InChI is InChI=1S/C21H30N4O2S2/c1-4-22-21(25-12-9-16(10-13-25)20(26)27-5-2)23-11-8-17-6-7-19(29-17)18-14-28-15(3)24-18/h6-7,14,16H,4-5,8-13H2,1-3H3,(H,22,23). The van der Waals surface area contributed by atoms with E-state index in [0.717, 1.165) is 62.1 Å². The fraction of sp³-hybridized carbons (Fsp3) is 0.571. The number of hydrogen-bond donors (Lipinski definition) is 1. The minimum Gasteiger partial charge on any atom is -0.466 e. The Labute approximate surface area is 181 Å². The summed E-state index contributed by atoms with van der Waals surface area (Å²) in [4.78, 5) is 26.2. The first-order chi connectivity index (χ1) is 14.1. The third kappa shape index (κ3) is 6.02. The molecule has 3 heterocycles. The Morgan fingerprint density at radius 3 is 2.79 bits per heavy atom. The van der Waals surface area contributed by atoms with Gasteiger partial charge in [-0.3, -0.25) is 9.79 Å². The van der Waals surface area contributed by atoms with Gasteiger partial charge in [-0.05, 0) is 45.7 Å². The van der Waals surface area contributed by atoms with Crippen LogP contribution in [0.1, 0.15) is 36.6 Å². The lowest BCUT2D eigenvalue weighted by Crippen LogP contribution is -2.46. The molecule has 0 aliphatic carbocycles. The van der Waals surface area contributed by atoms with Crippen LogP contribution in [0.3, 0.4) is 0 Å². The summed E-state index contributed by atoms with van der Waals surface area (Å²) >= 11 is 3.48. The van der Waals surface area contributed by atoms with Crippen LogP contribution in [0.15, 0.2) is 22.5 Å². The number of nitrogens with zero attached hydrogens (tertiary/aromatic N) is 3. The van der Waals surface area contributed by atoms with Crippen molar-refractivity contribution in [3.63, 3.8) is 0 Å². The minimum atomic E-state index is -0.0575. The van der Waals surface area contributed by atoms with Crippen molar-refractivity contribution in [1.29, 1.82) is 0 Å². The van der Waals surface area contributed by atoms with Crippen molar-refractivity contribution in [3.05, 3.63) is 27.4 Å². The van der Waals surface area contributed by atoms with Gasteiger partial charge in [0.25, 0.3) is 0 Å². The van der Waals surface area contributed by atoms with E-state index in [1.165, 1.54) is 9.75 Å². The number of thiazole rings is 1. The number of esters is 1. The van der Waals surface area contributed by atoms with Crippen molar-refractivity contribution < 1.29 is 9.53 Å². The Morgan fingerprint density at radius 1 is 1.34 bits per heavy atom. The normalized spacial score (nSPS) is 15.6. The van der Waals surface area contributed by atoms with Crippen molar-refractivity contribution in [2.75, 3.05) is 32.8 Å². The summed E-state index contributed by atoms with van der Waals surface area (Å²) in [5.74, 6) is 0.910. The topological polar surface area (TPSA) is 66.8 Å². The van der Waals surface area contributed by atoms with Gasteiger partial charge in [-0.25, -0.2) is 4.98 Å². The van der Waals surface area contributed by atoms with Gasteiger partial charge in [0.2, 0.25) is 0 Å². The highest BCUT2D eigenvalue weighted by molar-refractivity contribution is 7.16. The molecular formula is C21H30N4O2S2. The Balaban J connectivity index is 1.53. The maximum atomic E-state index is 11.9. The molecule has 0 aromatic carbocycles. The number of nitrogens with one attached hydrogen (secondary N) is 1. The molecule has 2 aromatic rings. The van der Waals surface area contributed by atoms with Gasteiger partial charge < -0.3 is 15.0 Å². The van der Waals surface area contributed by atoms with E-state index >= 15 is 0 Å². The van der Waals surface area contributed by atoms with Crippen LogP contribution in [0.25, 0.3) is 10.6 Å². The SMILES string of the molecule is CCNC(=NCCc1ccc(-c2csc(C)n2)s1)N1CCC(C(=O)OCC)CC1. The molecule has 0 saturated carbocycles. The number of guanidine groups is 1. The molecule has 0 unspecified atom stereocenters. The molecule has 1 N–H and O–H groups in total. The lowest BCUT2D eigenvalue weighted by atomic mass is 9.97. The van der Waals surface area contributed by atoms with Gasteiger partial charge in [-0.2, -0.15) is 0 Å². The maximum Gasteiger partial charge on any atom is 0.309 e. The zero-order valence-corrected chi connectivity index (χ0v) is 19.1. The highest BCUT2D eigenvalue weighted by atomic mass is 32.1. The van der Waals surface area contributed by atoms with E-state index in [1.807, 2.05) is 13.8 Å². The number of ether oxygens (including phenoxy) is 1. The molecule has 3 rings (SSSR count). The zero-order valence-electron chi connectivity index (χ0n) is 17.4. The van der Waals surface area contributed by atoms with Gasteiger partial charge in [0, 0.05) is 42.9 Å². The first-order valence-corrected chi connectivity index (χ1v) is 12.0. The highest BCUT2D eigenvalue weighted by Gasteiger charge is 2.27. The summed E-state index contributed by atoms with van der Waals surface area (Å²) in [5, 5.41) is 6.61. The van der Waals surface area contributed by atoms with Crippen LogP contribution in [-0.4, -0.2) is 54.6 Å². The minimum absolute atomic E-state index is 0.0213. The van der Waals surface area contributed by atoms with Crippen LogP contribution in [-0.2, 0) is 16.0 Å². The van der Waals surface area contributed by atoms with Gasteiger partial charge in [0.05, 0.1) is 28.1 Å². The predicted octanol–water partition coefficient (Wildman–Crippen LogP) is 3.96. The van der Waals surface area contributed by atoms with Crippen LogP contribution in [0.5, 0.6) is 0 Å². The number of thiophene rings is 1. The quantitative estimate of drug-likeness (QED) is 0.406. The molecule has 0 radical (unpaired) electrons. The summed E-state index contributed by atoms with van der Waals surface area (Å²) in [7, 11) is 0. The lowest BCUT2D eigenvalue weighted by Gasteiger charge is -2.33. The molecule has 0 bridgehead atoms. The Hall–Kier alpha value is -1.93. The smallest absolute Gasteiger partial charge is 0.309 e. The number of rotatable bonds is 7. The average Bonchev–Trinajstić information content (AvgIpc) is 3.36. The Morgan fingerprint density at radius 2 is 2.14 bits per heavy atom. The van der Waals surface area contributed by atoms with E-state index in [4.69, 9.17) is 9.73 Å². The molecule has 0 atom stereocenters. The zero-order chi connectivity index (χ0) is 20.6. The number of hydrogen-bond acceptors (Lipinski definition) is 6. The summed E-state index contributed by atoms with van der Waals surface area (Å²) in [5.41, 5.74) is 1.07. The average molecular weight is 435 g/mol. The molecular weight excluding hydrogens is 404 g/mol. The van der Waals surface area contributed by atoms with Crippen molar-refractivity contribution in [2.24, 2.45) is 10.9 Å². The van der Waals surface area contributed by atoms with E-state index in [0.29, 0.717) is 6.61 Å². The first-order valence-electron chi connectivity index (χ1n) is 10.3. The van der Waals surface area contributed by atoms with E-state index in [1.54, 1.807) is 22.7 Å². The monoisotopic (exact) mass is 434 g/mol. The maximum absolute atomic E-state index is 11.9. The fourth-order valence-corrected chi connectivity index (χ4v) is 5.06. The second-order valence-electron chi connectivity index (χ2n) is 7.02. The molecule has 1 saturated heterocycles. The molecule has 158 valence electrons. The lowest BCUT2D eigenvalue weighted by molar-refractivity contribution is -0.149. The second-order valence-corrected chi connectivity index (χ2v) is 9.25. The summed E-state index contributed by atoms with van der Waals surface area (Å²) in [6, 6.07) is 4.34. The third-order valence-electron chi connectivity index (χ3n) is 4.90. The van der Waals surface area contributed by atoms with Crippen molar-refractivity contribution in [1.82, 2.24) is 15.2 Å². The van der Waals surface area contributed by atoms with E-state index < -0.39 is 0 Å². The van der Waals surface area contributed by atoms with Gasteiger partial charge in [0.15, 0.2) is 5.96 Å². The number of likely N-dealkylation sites (tertiary alicyclic amines) is 1. The number of carbonyl (C=O) groups excluding carboxylic acids is 1. The molecule has 0 spiro atoms. The number of carbonyl (C=O) groups is 1. The first kappa shape index (κ1) is 21.8. The van der Waals surface area contributed by atoms with E-state index in [-0.39, 0.29) is 11.9 Å². The third-order valence-corrected chi connectivity index (χ3v) is 6.84. The van der Waals surface area contributed by atoms with Crippen molar-refractivity contribution in [3.8, 4) is 10.6 Å². The molecule has 1 fully saturated rings. The number of aromatic nitrogens is 1.